The molecule has 0 bridgehead atoms. The van der Waals surface area contributed by atoms with E-state index in [9.17, 15) is 0 Å². The quantitative estimate of drug-likeness (QED) is 0.194. The Labute approximate surface area is 215 Å². The molecular formula is C34H37Cl. The molecule has 0 saturated heterocycles. The molecule has 5 aromatic carbocycles. The average Bonchev–Trinajstić information content (AvgIpc) is 2.84. The zero-order valence-corrected chi connectivity index (χ0v) is 22.5. The number of hydrogen-bond donors (Lipinski definition) is 0. The van der Waals surface area contributed by atoms with Crippen LogP contribution in [0.3, 0.4) is 0 Å². The van der Waals surface area contributed by atoms with Crippen molar-refractivity contribution in [3.63, 3.8) is 0 Å². The van der Waals surface area contributed by atoms with Crippen molar-refractivity contribution in [2.24, 2.45) is 0 Å². The van der Waals surface area contributed by atoms with Gasteiger partial charge >= 0.3 is 0 Å². The van der Waals surface area contributed by atoms with Crippen LogP contribution in [0, 0.1) is 0 Å². The molecule has 35 heavy (non-hydrogen) atoms. The fourth-order valence-electron chi connectivity index (χ4n) is 5.87. The van der Waals surface area contributed by atoms with Crippen molar-refractivity contribution < 1.29 is 0 Å². The molecule has 0 saturated carbocycles. The lowest BCUT2D eigenvalue weighted by atomic mass is 9.91. The second-order valence-corrected chi connectivity index (χ2v) is 10.6. The topological polar surface area (TPSA) is 0 Å². The van der Waals surface area contributed by atoms with Crippen LogP contribution in [0.25, 0.3) is 43.1 Å². The molecule has 5 aromatic rings. The molecule has 0 aliphatic rings. The molecular weight excluding hydrogens is 444 g/mol. The van der Waals surface area contributed by atoms with Gasteiger partial charge < -0.3 is 0 Å². The van der Waals surface area contributed by atoms with Gasteiger partial charge in [0.15, 0.2) is 0 Å². The standard InChI is InChI=1S/C34H37Cl/c1-5-9-22-13-25-16-27-18-29-20-31-15-24(11-7-3)32(12-8-4)34(35)33(31)21-30(29)19-28(27)17-26(25)14-23(22)10-6-2/h13-21H,5-12H2,1-4H3. The first-order valence-electron chi connectivity index (χ1n) is 13.6. The van der Waals surface area contributed by atoms with E-state index in [-0.39, 0.29) is 0 Å². The van der Waals surface area contributed by atoms with E-state index in [4.69, 9.17) is 11.6 Å². The Morgan fingerprint density at radius 2 is 0.800 bits per heavy atom. The Balaban J connectivity index is 1.73. The Morgan fingerprint density at radius 3 is 1.29 bits per heavy atom. The van der Waals surface area contributed by atoms with E-state index in [2.05, 4.69) is 82.3 Å². The van der Waals surface area contributed by atoms with Crippen molar-refractivity contribution >= 4 is 54.7 Å². The van der Waals surface area contributed by atoms with Crippen LogP contribution in [-0.4, -0.2) is 0 Å². The summed E-state index contributed by atoms with van der Waals surface area (Å²) in [5, 5.41) is 11.3. The van der Waals surface area contributed by atoms with E-state index < -0.39 is 0 Å². The third-order valence-corrected chi connectivity index (χ3v) is 7.95. The molecule has 0 N–H and O–H groups in total. The highest BCUT2D eigenvalue weighted by atomic mass is 35.5. The minimum Gasteiger partial charge on any atom is -0.0833 e. The number of aryl methyl sites for hydroxylation is 3. The van der Waals surface area contributed by atoms with E-state index in [1.54, 1.807) is 0 Å². The molecule has 0 heterocycles. The fourth-order valence-corrected chi connectivity index (χ4v) is 6.25. The summed E-state index contributed by atoms with van der Waals surface area (Å²) in [5.41, 5.74) is 5.81. The number of benzene rings is 5. The summed E-state index contributed by atoms with van der Waals surface area (Å²) in [7, 11) is 0. The van der Waals surface area contributed by atoms with Gasteiger partial charge in [0.2, 0.25) is 0 Å². The van der Waals surface area contributed by atoms with Crippen molar-refractivity contribution in [1.82, 2.24) is 0 Å². The first-order valence-corrected chi connectivity index (χ1v) is 14.0. The lowest BCUT2D eigenvalue weighted by molar-refractivity contribution is 0.864. The molecule has 1 heteroatoms. The predicted molar refractivity (Wildman–Crippen MR) is 157 cm³/mol. The van der Waals surface area contributed by atoms with Crippen LogP contribution in [0.5, 0.6) is 0 Å². The summed E-state index contributed by atoms with van der Waals surface area (Å²) < 4.78 is 0. The molecule has 0 spiro atoms. The number of rotatable bonds is 8. The van der Waals surface area contributed by atoms with Gasteiger partial charge in [-0.05, 0) is 122 Å². The lowest BCUT2D eigenvalue weighted by Crippen LogP contribution is -1.97. The summed E-state index contributed by atoms with van der Waals surface area (Å²) in [6, 6.07) is 21.5. The number of hydrogen-bond acceptors (Lipinski definition) is 0. The average molecular weight is 481 g/mol. The first kappa shape index (κ1) is 24.1. The highest BCUT2D eigenvalue weighted by Crippen LogP contribution is 2.37. The Bertz CT molecular complexity index is 1540. The summed E-state index contributed by atoms with van der Waals surface area (Å²) >= 11 is 7.05. The predicted octanol–water partition coefficient (Wildman–Crippen LogP) is 10.8. The van der Waals surface area contributed by atoms with Crippen LogP contribution in [0.1, 0.15) is 75.6 Å². The molecule has 0 unspecified atom stereocenters. The van der Waals surface area contributed by atoms with Gasteiger partial charge in [0.05, 0.1) is 5.02 Å². The monoisotopic (exact) mass is 480 g/mol. The van der Waals surface area contributed by atoms with Crippen molar-refractivity contribution in [2.45, 2.75) is 79.1 Å². The van der Waals surface area contributed by atoms with E-state index in [1.165, 1.54) is 78.2 Å². The van der Waals surface area contributed by atoms with Gasteiger partial charge in [-0.2, -0.15) is 0 Å². The normalized spacial score (nSPS) is 11.9. The Morgan fingerprint density at radius 1 is 0.429 bits per heavy atom. The third-order valence-electron chi connectivity index (χ3n) is 7.51. The van der Waals surface area contributed by atoms with Gasteiger partial charge in [-0.1, -0.05) is 83.2 Å². The zero-order chi connectivity index (χ0) is 24.5. The SMILES string of the molecule is CCCc1cc2cc3cc4cc5cc(CCC)c(CCC)c(Cl)c5cc4cc3cc2cc1CCC. The molecule has 0 fully saturated rings. The summed E-state index contributed by atoms with van der Waals surface area (Å²) in [5.74, 6) is 0. The summed E-state index contributed by atoms with van der Waals surface area (Å²) in [4.78, 5) is 0. The molecule has 0 aromatic heterocycles. The molecule has 0 nitrogen and oxygen atoms in total. The van der Waals surface area contributed by atoms with Gasteiger partial charge in [-0.3, -0.25) is 0 Å². The van der Waals surface area contributed by atoms with Crippen LogP contribution in [0.4, 0.5) is 0 Å². The van der Waals surface area contributed by atoms with Gasteiger partial charge in [0.1, 0.15) is 0 Å². The van der Waals surface area contributed by atoms with Crippen molar-refractivity contribution in [3.05, 3.63) is 81.9 Å². The lowest BCUT2D eigenvalue weighted by Gasteiger charge is -2.15. The zero-order valence-electron chi connectivity index (χ0n) is 21.7. The molecule has 0 aliphatic heterocycles. The van der Waals surface area contributed by atoms with Crippen LogP contribution in [0.15, 0.2) is 54.6 Å². The highest BCUT2D eigenvalue weighted by molar-refractivity contribution is 6.37. The smallest absolute Gasteiger partial charge is 0.0519 e. The van der Waals surface area contributed by atoms with E-state index in [1.807, 2.05) is 0 Å². The van der Waals surface area contributed by atoms with Gasteiger partial charge in [0.25, 0.3) is 0 Å². The highest BCUT2D eigenvalue weighted by Gasteiger charge is 2.13. The Hall–Kier alpha value is -2.57. The van der Waals surface area contributed by atoms with Crippen molar-refractivity contribution in [3.8, 4) is 0 Å². The summed E-state index contributed by atoms with van der Waals surface area (Å²) in [6.07, 6.45) is 9.10. The minimum absolute atomic E-state index is 0.959. The van der Waals surface area contributed by atoms with E-state index >= 15 is 0 Å². The number of fused-ring (bicyclic) bond motifs is 4. The summed E-state index contributed by atoms with van der Waals surface area (Å²) in [6.45, 7) is 9.05. The molecule has 0 atom stereocenters. The molecule has 0 amide bonds. The second-order valence-electron chi connectivity index (χ2n) is 10.3. The van der Waals surface area contributed by atoms with Gasteiger partial charge in [-0.15, -0.1) is 0 Å². The van der Waals surface area contributed by atoms with Crippen molar-refractivity contribution in [1.29, 1.82) is 0 Å². The number of halogens is 1. The van der Waals surface area contributed by atoms with Crippen molar-refractivity contribution in [2.75, 3.05) is 0 Å². The molecule has 5 rings (SSSR count). The largest absolute Gasteiger partial charge is 0.0833 e. The first-order chi connectivity index (χ1) is 17.1. The van der Waals surface area contributed by atoms with Gasteiger partial charge in [-0.25, -0.2) is 0 Å². The van der Waals surface area contributed by atoms with Gasteiger partial charge in [0, 0.05) is 5.39 Å². The molecule has 0 radical (unpaired) electrons. The maximum absolute atomic E-state index is 7.05. The van der Waals surface area contributed by atoms with E-state index in [0.717, 1.165) is 43.5 Å². The van der Waals surface area contributed by atoms with Crippen LogP contribution in [-0.2, 0) is 25.7 Å². The maximum atomic E-state index is 7.05. The van der Waals surface area contributed by atoms with Crippen LogP contribution >= 0.6 is 11.6 Å². The molecule has 180 valence electrons. The third kappa shape index (κ3) is 4.54. The second kappa shape index (κ2) is 10.2. The van der Waals surface area contributed by atoms with Crippen LogP contribution in [0.2, 0.25) is 5.02 Å². The van der Waals surface area contributed by atoms with E-state index in [0.29, 0.717) is 0 Å². The molecule has 0 aliphatic carbocycles. The maximum Gasteiger partial charge on any atom is 0.0519 e. The Kier molecular flexibility index (Phi) is 7.03. The fraction of sp³-hybridized carbons (Fsp3) is 0.353. The minimum atomic E-state index is 0.959. The van der Waals surface area contributed by atoms with Crippen LogP contribution < -0.4 is 0 Å².